The van der Waals surface area contributed by atoms with Gasteiger partial charge < -0.3 is 10.4 Å². The second-order valence-electron chi connectivity index (χ2n) is 3.73. The summed E-state index contributed by atoms with van der Waals surface area (Å²) in [4.78, 5) is 10.7. The minimum atomic E-state index is -0.874. The molecule has 0 spiro atoms. The summed E-state index contributed by atoms with van der Waals surface area (Å²) in [5.41, 5.74) is 1.46. The van der Waals surface area contributed by atoms with E-state index in [0.717, 1.165) is 18.7 Å². The lowest BCUT2D eigenvalue weighted by Crippen LogP contribution is -2.15. The van der Waals surface area contributed by atoms with Gasteiger partial charge in [-0.25, -0.2) is 4.79 Å². The summed E-state index contributed by atoms with van der Waals surface area (Å²) in [7, 11) is 0. The molecule has 0 atom stereocenters. The maximum Gasteiger partial charge on any atom is 0.335 e. The molecule has 1 aromatic rings. The van der Waals surface area contributed by atoms with Crippen LogP contribution >= 0.6 is 11.8 Å². The van der Waals surface area contributed by atoms with Crippen molar-refractivity contribution >= 4 is 17.7 Å². The normalized spacial score (nSPS) is 10.4. The number of benzene rings is 1. The van der Waals surface area contributed by atoms with E-state index in [1.165, 1.54) is 17.9 Å². The minimum absolute atomic E-state index is 0.341. The van der Waals surface area contributed by atoms with E-state index < -0.39 is 5.97 Å². The average molecular weight is 253 g/mol. The predicted octanol–water partition coefficient (Wildman–Crippen LogP) is 2.62. The Morgan fingerprint density at radius 2 is 2.06 bits per heavy atom. The fourth-order valence-electron chi connectivity index (χ4n) is 1.44. The van der Waals surface area contributed by atoms with Gasteiger partial charge in [0, 0.05) is 6.54 Å². The maximum atomic E-state index is 10.7. The first-order valence-corrected chi connectivity index (χ1v) is 7.00. The number of hydrogen-bond donors (Lipinski definition) is 2. The van der Waals surface area contributed by atoms with Gasteiger partial charge in [0.1, 0.15) is 0 Å². The molecule has 0 saturated carbocycles. The van der Waals surface area contributed by atoms with E-state index in [0.29, 0.717) is 5.56 Å². The Bertz CT molecular complexity index is 338. The van der Waals surface area contributed by atoms with Crippen LogP contribution < -0.4 is 5.32 Å². The summed E-state index contributed by atoms with van der Waals surface area (Å²) in [5.74, 6) is 1.50. The first-order valence-electron chi connectivity index (χ1n) is 5.84. The van der Waals surface area contributed by atoms with Gasteiger partial charge >= 0.3 is 5.97 Å². The van der Waals surface area contributed by atoms with Crippen molar-refractivity contribution in [1.82, 2.24) is 5.32 Å². The van der Waals surface area contributed by atoms with Crippen LogP contribution in [0.15, 0.2) is 24.3 Å². The van der Waals surface area contributed by atoms with Crippen molar-refractivity contribution in [2.45, 2.75) is 19.9 Å². The van der Waals surface area contributed by atoms with E-state index in [-0.39, 0.29) is 0 Å². The molecule has 0 unspecified atom stereocenters. The van der Waals surface area contributed by atoms with E-state index in [1.54, 1.807) is 12.1 Å². The van der Waals surface area contributed by atoms with Gasteiger partial charge in [0.2, 0.25) is 0 Å². The highest BCUT2D eigenvalue weighted by molar-refractivity contribution is 7.99. The molecule has 17 heavy (non-hydrogen) atoms. The molecule has 4 heteroatoms. The molecular formula is C13H19NO2S. The molecular weight excluding hydrogens is 234 g/mol. The Morgan fingerprint density at radius 1 is 1.35 bits per heavy atom. The second-order valence-corrected chi connectivity index (χ2v) is 5.12. The topological polar surface area (TPSA) is 49.3 Å². The van der Waals surface area contributed by atoms with Crippen molar-refractivity contribution in [2.75, 3.05) is 18.1 Å². The number of rotatable bonds is 8. The molecule has 0 amide bonds. The number of aromatic carboxylic acids is 1. The number of carboxylic acid groups (broad SMARTS) is 1. The highest BCUT2D eigenvalue weighted by atomic mass is 32.2. The van der Waals surface area contributed by atoms with Crippen LogP contribution in [-0.4, -0.2) is 29.1 Å². The smallest absolute Gasteiger partial charge is 0.335 e. The lowest BCUT2D eigenvalue weighted by atomic mass is 10.1. The van der Waals surface area contributed by atoms with Crippen LogP contribution in [0.3, 0.4) is 0 Å². The fourth-order valence-corrected chi connectivity index (χ4v) is 2.08. The van der Waals surface area contributed by atoms with E-state index in [4.69, 9.17) is 5.11 Å². The molecule has 94 valence electrons. The van der Waals surface area contributed by atoms with Gasteiger partial charge in [0.15, 0.2) is 0 Å². The molecule has 0 heterocycles. The van der Waals surface area contributed by atoms with Crippen LogP contribution in [0, 0.1) is 0 Å². The summed E-state index contributed by atoms with van der Waals surface area (Å²) < 4.78 is 0. The zero-order valence-corrected chi connectivity index (χ0v) is 10.9. The van der Waals surface area contributed by atoms with Crippen molar-refractivity contribution < 1.29 is 9.90 Å². The summed E-state index contributed by atoms with van der Waals surface area (Å²) in [6.07, 6.45) is 1.17. The molecule has 0 fully saturated rings. The van der Waals surface area contributed by atoms with Crippen molar-refractivity contribution in [2.24, 2.45) is 0 Å². The highest BCUT2D eigenvalue weighted by Gasteiger charge is 2.01. The van der Waals surface area contributed by atoms with Crippen LogP contribution in [0.5, 0.6) is 0 Å². The standard InChI is InChI=1S/C13H19NO2S/c1-2-17-9-3-8-14-10-11-4-6-12(7-5-11)13(15)16/h4-7,14H,2-3,8-10H2,1H3,(H,15,16). The Hall–Kier alpha value is -1.00. The number of carbonyl (C=O) groups is 1. The monoisotopic (exact) mass is 253 g/mol. The minimum Gasteiger partial charge on any atom is -0.478 e. The van der Waals surface area contributed by atoms with Crippen molar-refractivity contribution in [3.8, 4) is 0 Å². The zero-order chi connectivity index (χ0) is 12.5. The third-order valence-electron chi connectivity index (χ3n) is 2.38. The maximum absolute atomic E-state index is 10.7. The summed E-state index contributed by atoms with van der Waals surface area (Å²) in [6, 6.07) is 7.01. The van der Waals surface area contributed by atoms with Crippen molar-refractivity contribution in [3.05, 3.63) is 35.4 Å². The Kier molecular flexibility index (Phi) is 6.74. The van der Waals surface area contributed by atoms with Crippen LogP contribution in [0.1, 0.15) is 29.3 Å². The van der Waals surface area contributed by atoms with Crippen molar-refractivity contribution in [3.63, 3.8) is 0 Å². The lowest BCUT2D eigenvalue weighted by Gasteiger charge is -2.05. The van der Waals surface area contributed by atoms with E-state index >= 15 is 0 Å². The number of hydrogen-bond acceptors (Lipinski definition) is 3. The fraction of sp³-hybridized carbons (Fsp3) is 0.462. The first kappa shape index (κ1) is 14.1. The van der Waals surface area contributed by atoms with Crippen LogP contribution in [0.25, 0.3) is 0 Å². The quantitative estimate of drug-likeness (QED) is 0.699. The van der Waals surface area contributed by atoms with Crippen LogP contribution in [0.2, 0.25) is 0 Å². The molecule has 0 bridgehead atoms. The summed E-state index contributed by atoms with van der Waals surface area (Å²) >= 11 is 1.95. The Balaban J connectivity index is 2.21. The van der Waals surface area contributed by atoms with Gasteiger partial charge in [-0.15, -0.1) is 0 Å². The Morgan fingerprint density at radius 3 is 2.65 bits per heavy atom. The largest absolute Gasteiger partial charge is 0.478 e. The van der Waals surface area contributed by atoms with Gasteiger partial charge in [0.05, 0.1) is 5.56 Å². The third kappa shape index (κ3) is 5.75. The number of nitrogens with one attached hydrogen (secondary N) is 1. The van der Waals surface area contributed by atoms with Gasteiger partial charge in [0.25, 0.3) is 0 Å². The Labute approximate surface area is 107 Å². The average Bonchev–Trinajstić information content (AvgIpc) is 2.34. The predicted molar refractivity (Wildman–Crippen MR) is 72.7 cm³/mol. The molecule has 1 aromatic carbocycles. The van der Waals surface area contributed by atoms with E-state index in [1.807, 2.05) is 23.9 Å². The number of carboxylic acids is 1. The molecule has 3 nitrogen and oxygen atoms in total. The summed E-state index contributed by atoms with van der Waals surface area (Å²) in [6.45, 7) is 3.98. The third-order valence-corrected chi connectivity index (χ3v) is 3.36. The van der Waals surface area contributed by atoms with Crippen LogP contribution in [-0.2, 0) is 6.54 Å². The number of thioether (sulfide) groups is 1. The molecule has 0 aliphatic rings. The molecule has 0 aliphatic heterocycles. The lowest BCUT2D eigenvalue weighted by molar-refractivity contribution is 0.0697. The SMILES string of the molecule is CCSCCCNCc1ccc(C(=O)O)cc1. The molecule has 2 N–H and O–H groups in total. The van der Waals surface area contributed by atoms with Gasteiger partial charge in [-0.3, -0.25) is 0 Å². The van der Waals surface area contributed by atoms with E-state index in [9.17, 15) is 4.79 Å². The molecule has 0 aliphatic carbocycles. The molecule has 0 saturated heterocycles. The molecule has 0 aromatic heterocycles. The first-order chi connectivity index (χ1) is 8.24. The van der Waals surface area contributed by atoms with Crippen molar-refractivity contribution in [1.29, 1.82) is 0 Å². The zero-order valence-electron chi connectivity index (χ0n) is 10.1. The highest BCUT2D eigenvalue weighted by Crippen LogP contribution is 2.04. The molecule has 0 radical (unpaired) electrons. The molecule has 1 rings (SSSR count). The van der Waals surface area contributed by atoms with Crippen LogP contribution in [0.4, 0.5) is 0 Å². The van der Waals surface area contributed by atoms with Gasteiger partial charge in [-0.1, -0.05) is 19.1 Å². The summed E-state index contributed by atoms with van der Waals surface area (Å²) in [5, 5.41) is 12.1. The van der Waals surface area contributed by atoms with Gasteiger partial charge in [-0.05, 0) is 42.2 Å². The second kappa shape index (κ2) is 8.14. The van der Waals surface area contributed by atoms with E-state index in [2.05, 4.69) is 12.2 Å². The van der Waals surface area contributed by atoms with Gasteiger partial charge in [-0.2, -0.15) is 11.8 Å².